The van der Waals surface area contributed by atoms with Crippen molar-refractivity contribution in [3.63, 3.8) is 0 Å². The van der Waals surface area contributed by atoms with Crippen molar-refractivity contribution in [2.45, 2.75) is 57.9 Å². The van der Waals surface area contributed by atoms with Gasteiger partial charge in [-0.05, 0) is 19.8 Å². The largest absolute Gasteiger partial charge is 0.466 e. The zero-order chi connectivity index (χ0) is 11.8. The summed E-state index contributed by atoms with van der Waals surface area (Å²) in [5.41, 5.74) is 0. The van der Waals surface area contributed by atoms with Crippen LogP contribution in [0.5, 0.6) is 0 Å². The zero-order valence-corrected chi connectivity index (χ0v) is 9.96. The van der Waals surface area contributed by atoms with Gasteiger partial charge in [-0.15, -0.1) is 0 Å². The van der Waals surface area contributed by atoms with E-state index in [1.165, 1.54) is 19.3 Å². The standard InChI is InChI=1S/C12H21NO3/c1-2-16-12(15)9-8-11(14)13-10-6-4-3-5-7-10/h10H,2-9H2,1H3,(H,13,14). The van der Waals surface area contributed by atoms with Gasteiger partial charge < -0.3 is 10.1 Å². The van der Waals surface area contributed by atoms with Crippen LogP contribution in [-0.4, -0.2) is 24.5 Å². The molecule has 1 fully saturated rings. The Balaban J connectivity index is 2.12. The van der Waals surface area contributed by atoms with E-state index in [-0.39, 0.29) is 24.7 Å². The molecule has 1 aliphatic carbocycles. The van der Waals surface area contributed by atoms with Crippen LogP contribution in [0, 0.1) is 0 Å². The fraction of sp³-hybridized carbons (Fsp3) is 0.833. The molecule has 0 spiro atoms. The predicted molar refractivity (Wildman–Crippen MR) is 60.9 cm³/mol. The van der Waals surface area contributed by atoms with Crippen molar-refractivity contribution in [3.05, 3.63) is 0 Å². The summed E-state index contributed by atoms with van der Waals surface area (Å²) in [5, 5.41) is 2.97. The molecule has 1 N–H and O–H groups in total. The van der Waals surface area contributed by atoms with Gasteiger partial charge >= 0.3 is 5.97 Å². The van der Waals surface area contributed by atoms with Gasteiger partial charge in [-0.25, -0.2) is 0 Å². The fourth-order valence-corrected chi connectivity index (χ4v) is 2.00. The first kappa shape index (κ1) is 13.0. The van der Waals surface area contributed by atoms with E-state index in [0.717, 1.165) is 12.8 Å². The van der Waals surface area contributed by atoms with Gasteiger partial charge in [0.05, 0.1) is 13.0 Å². The second-order valence-corrected chi connectivity index (χ2v) is 4.21. The Hall–Kier alpha value is -1.06. The molecule has 0 aromatic heterocycles. The Kier molecular flexibility index (Phi) is 5.90. The predicted octanol–water partition coefficient (Wildman–Crippen LogP) is 1.78. The summed E-state index contributed by atoms with van der Waals surface area (Å²) in [6.45, 7) is 2.14. The maximum absolute atomic E-state index is 11.5. The molecule has 0 aromatic carbocycles. The normalized spacial score (nSPS) is 16.8. The van der Waals surface area contributed by atoms with Crippen LogP contribution in [0.15, 0.2) is 0 Å². The van der Waals surface area contributed by atoms with Gasteiger partial charge in [0.25, 0.3) is 0 Å². The minimum atomic E-state index is -0.290. The Morgan fingerprint density at radius 3 is 2.50 bits per heavy atom. The first-order valence-electron chi connectivity index (χ1n) is 6.17. The van der Waals surface area contributed by atoms with E-state index >= 15 is 0 Å². The highest BCUT2D eigenvalue weighted by molar-refractivity contribution is 5.81. The van der Waals surface area contributed by atoms with Crippen molar-refractivity contribution < 1.29 is 14.3 Å². The molecular weight excluding hydrogens is 206 g/mol. The summed E-state index contributed by atoms with van der Waals surface area (Å²) in [7, 11) is 0. The van der Waals surface area contributed by atoms with Gasteiger partial charge in [0.1, 0.15) is 0 Å². The van der Waals surface area contributed by atoms with Crippen LogP contribution in [0.3, 0.4) is 0 Å². The summed E-state index contributed by atoms with van der Waals surface area (Å²) in [6.07, 6.45) is 6.25. The third kappa shape index (κ3) is 5.14. The lowest BCUT2D eigenvalue weighted by Crippen LogP contribution is -2.36. The lowest BCUT2D eigenvalue weighted by Gasteiger charge is -2.22. The number of esters is 1. The van der Waals surface area contributed by atoms with Crippen LogP contribution in [0.1, 0.15) is 51.9 Å². The maximum atomic E-state index is 11.5. The number of amides is 1. The molecule has 0 aliphatic heterocycles. The minimum absolute atomic E-state index is 0.0278. The Labute approximate surface area is 96.7 Å². The van der Waals surface area contributed by atoms with Gasteiger partial charge in [0.2, 0.25) is 5.91 Å². The molecule has 16 heavy (non-hydrogen) atoms. The Bertz CT molecular complexity index is 234. The first-order chi connectivity index (χ1) is 7.72. The van der Waals surface area contributed by atoms with Crippen LogP contribution >= 0.6 is 0 Å². The average Bonchev–Trinajstić information content (AvgIpc) is 2.28. The van der Waals surface area contributed by atoms with E-state index in [9.17, 15) is 9.59 Å². The highest BCUT2D eigenvalue weighted by atomic mass is 16.5. The molecular formula is C12H21NO3. The van der Waals surface area contributed by atoms with Gasteiger partial charge in [-0.1, -0.05) is 19.3 Å². The SMILES string of the molecule is CCOC(=O)CCC(=O)NC1CCCCC1. The van der Waals surface area contributed by atoms with E-state index in [1.807, 2.05) is 0 Å². The molecule has 0 unspecified atom stereocenters. The van der Waals surface area contributed by atoms with Crippen LogP contribution in [0.4, 0.5) is 0 Å². The van der Waals surface area contributed by atoms with Crippen LogP contribution in [0.2, 0.25) is 0 Å². The molecule has 1 saturated carbocycles. The molecule has 0 bridgehead atoms. The number of carbonyl (C=O) groups is 2. The Morgan fingerprint density at radius 2 is 1.88 bits per heavy atom. The van der Waals surface area contributed by atoms with E-state index in [0.29, 0.717) is 12.6 Å². The molecule has 92 valence electrons. The molecule has 0 atom stereocenters. The molecule has 4 nitrogen and oxygen atoms in total. The summed E-state index contributed by atoms with van der Waals surface area (Å²) < 4.78 is 4.76. The van der Waals surface area contributed by atoms with Gasteiger partial charge in [0.15, 0.2) is 0 Å². The number of hydrogen-bond acceptors (Lipinski definition) is 3. The van der Waals surface area contributed by atoms with E-state index in [2.05, 4.69) is 5.32 Å². The molecule has 0 saturated heterocycles. The summed E-state index contributed by atoms with van der Waals surface area (Å²) in [6, 6.07) is 0.323. The highest BCUT2D eigenvalue weighted by Gasteiger charge is 2.16. The molecule has 0 radical (unpaired) electrons. The fourth-order valence-electron chi connectivity index (χ4n) is 2.00. The summed E-state index contributed by atoms with van der Waals surface area (Å²) in [4.78, 5) is 22.5. The second-order valence-electron chi connectivity index (χ2n) is 4.21. The summed E-state index contributed by atoms with van der Waals surface area (Å²) in [5.74, 6) is -0.318. The average molecular weight is 227 g/mol. The maximum Gasteiger partial charge on any atom is 0.306 e. The number of hydrogen-bond donors (Lipinski definition) is 1. The van der Waals surface area contributed by atoms with Crippen molar-refractivity contribution in [2.24, 2.45) is 0 Å². The quantitative estimate of drug-likeness (QED) is 0.728. The third-order valence-corrected chi connectivity index (χ3v) is 2.83. The van der Waals surface area contributed by atoms with Crippen molar-refractivity contribution in [1.29, 1.82) is 0 Å². The van der Waals surface area contributed by atoms with Gasteiger partial charge in [-0.2, -0.15) is 0 Å². The van der Waals surface area contributed by atoms with E-state index < -0.39 is 0 Å². The summed E-state index contributed by atoms with van der Waals surface area (Å²) >= 11 is 0. The Morgan fingerprint density at radius 1 is 1.19 bits per heavy atom. The van der Waals surface area contributed by atoms with E-state index in [4.69, 9.17) is 4.74 Å². The number of carbonyl (C=O) groups excluding carboxylic acids is 2. The van der Waals surface area contributed by atoms with Crippen molar-refractivity contribution in [2.75, 3.05) is 6.61 Å². The minimum Gasteiger partial charge on any atom is -0.466 e. The van der Waals surface area contributed by atoms with Crippen molar-refractivity contribution >= 4 is 11.9 Å². The topological polar surface area (TPSA) is 55.4 Å². The number of ether oxygens (including phenoxy) is 1. The van der Waals surface area contributed by atoms with Crippen LogP contribution in [-0.2, 0) is 14.3 Å². The first-order valence-corrected chi connectivity index (χ1v) is 6.17. The lowest BCUT2D eigenvalue weighted by molar-refractivity contribution is -0.144. The molecule has 4 heteroatoms. The van der Waals surface area contributed by atoms with Crippen molar-refractivity contribution in [1.82, 2.24) is 5.32 Å². The third-order valence-electron chi connectivity index (χ3n) is 2.83. The molecule has 1 rings (SSSR count). The molecule has 0 heterocycles. The second kappa shape index (κ2) is 7.25. The van der Waals surface area contributed by atoms with Crippen LogP contribution < -0.4 is 5.32 Å². The number of rotatable bonds is 5. The zero-order valence-electron chi connectivity index (χ0n) is 9.96. The van der Waals surface area contributed by atoms with Crippen molar-refractivity contribution in [3.8, 4) is 0 Å². The van der Waals surface area contributed by atoms with Gasteiger partial charge in [0, 0.05) is 12.5 Å². The lowest BCUT2D eigenvalue weighted by atomic mass is 9.95. The molecule has 1 aliphatic rings. The van der Waals surface area contributed by atoms with Crippen LogP contribution in [0.25, 0.3) is 0 Å². The van der Waals surface area contributed by atoms with E-state index in [1.54, 1.807) is 6.92 Å². The monoisotopic (exact) mass is 227 g/mol. The number of nitrogens with one attached hydrogen (secondary N) is 1. The van der Waals surface area contributed by atoms with Gasteiger partial charge in [-0.3, -0.25) is 9.59 Å². The highest BCUT2D eigenvalue weighted by Crippen LogP contribution is 2.17. The molecule has 0 aromatic rings. The molecule has 1 amide bonds. The smallest absolute Gasteiger partial charge is 0.306 e.